The minimum absolute atomic E-state index is 0.0491. The Morgan fingerprint density at radius 1 is 1.11 bits per heavy atom. The predicted molar refractivity (Wildman–Crippen MR) is 114 cm³/mol. The van der Waals surface area contributed by atoms with Crippen molar-refractivity contribution >= 4 is 43.2 Å². The average Bonchev–Trinajstić information content (AvgIpc) is 2.68. The Labute approximate surface area is 174 Å². The number of benzene rings is 2. The second kappa shape index (κ2) is 9.90. The molecule has 0 aliphatic heterocycles. The number of rotatable bonds is 9. The van der Waals surface area contributed by atoms with Crippen LogP contribution < -0.4 is 15.4 Å². The Balaban J connectivity index is 2.18. The van der Waals surface area contributed by atoms with Gasteiger partial charge in [-0.1, -0.05) is 26.0 Å². The number of amides is 1. The van der Waals surface area contributed by atoms with Crippen LogP contribution in [0.2, 0.25) is 0 Å². The molecule has 0 aliphatic rings. The normalized spacial score (nSPS) is 11.3. The molecule has 2 rings (SSSR count). The van der Waals surface area contributed by atoms with E-state index in [1.807, 2.05) is 18.2 Å². The molecule has 0 saturated heterocycles. The van der Waals surface area contributed by atoms with Crippen molar-refractivity contribution in [3.63, 3.8) is 0 Å². The summed E-state index contributed by atoms with van der Waals surface area (Å²) < 4.78 is 32.9. The zero-order chi connectivity index (χ0) is 20.7. The third kappa shape index (κ3) is 5.24. The maximum Gasteiger partial charge on any atom is 0.243 e. The van der Waals surface area contributed by atoms with Crippen LogP contribution in [-0.2, 0) is 14.8 Å². The summed E-state index contributed by atoms with van der Waals surface area (Å²) in [7, 11) is -2.12. The lowest BCUT2D eigenvalue weighted by molar-refractivity contribution is -0.114. The number of nitrogens with zero attached hydrogens (tertiary/aromatic N) is 1. The highest BCUT2D eigenvalue weighted by Gasteiger charge is 2.23. The maximum atomic E-state index is 12.7. The molecule has 0 spiro atoms. The van der Waals surface area contributed by atoms with Crippen molar-refractivity contribution in [1.82, 2.24) is 4.31 Å². The van der Waals surface area contributed by atoms with Crippen molar-refractivity contribution in [3.8, 4) is 5.75 Å². The SMILES string of the molecule is CCN(CC)S(=O)(=O)c1ccc(OC)c(NCC(=O)Nc2ccccc2Br)c1. The molecule has 0 saturated carbocycles. The molecule has 0 heterocycles. The maximum absolute atomic E-state index is 12.7. The first-order valence-corrected chi connectivity index (χ1v) is 11.0. The van der Waals surface area contributed by atoms with Crippen LogP contribution in [0.15, 0.2) is 51.8 Å². The molecule has 28 heavy (non-hydrogen) atoms. The number of nitrogens with one attached hydrogen (secondary N) is 2. The first-order valence-electron chi connectivity index (χ1n) is 8.79. The summed E-state index contributed by atoms with van der Waals surface area (Å²) in [5, 5.41) is 5.74. The molecule has 0 fully saturated rings. The van der Waals surface area contributed by atoms with Gasteiger partial charge in [-0.05, 0) is 46.3 Å². The van der Waals surface area contributed by atoms with E-state index in [9.17, 15) is 13.2 Å². The van der Waals surface area contributed by atoms with E-state index in [2.05, 4.69) is 26.6 Å². The van der Waals surface area contributed by atoms with Gasteiger partial charge in [0.25, 0.3) is 0 Å². The van der Waals surface area contributed by atoms with Gasteiger partial charge in [0.1, 0.15) is 5.75 Å². The van der Waals surface area contributed by atoms with E-state index in [0.29, 0.717) is 30.2 Å². The molecule has 2 aromatic carbocycles. The molecule has 0 aliphatic carbocycles. The van der Waals surface area contributed by atoms with Gasteiger partial charge in [0.05, 0.1) is 29.9 Å². The summed E-state index contributed by atoms with van der Waals surface area (Å²) in [4.78, 5) is 12.4. The van der Waals surface area contributed by atoms with Crippen molar-refractivity contribution in [3.05, 3.63) is 46.9 Å². The lowest BCUT2D eigenvalue weighted by Crippen LogP contribution is -2.30. The number of halogens is 1. The van der Waals surface area contributed by atoms with Gasteiger partial charge >= 0.3 is 0 Å². The Morgan fingerprint density at radius 3 is 2.39 bits per heavy atom. The van der Waals surface area contributed by atoms with Crippen LogP contribution in [0.25, 0.3) is 0 Å². The second-order valence-corrected chi connectivity index (χ2v) is 8.63. The van der Waals surface area contributed by atoms with Gasteiger partial charge in [0, 0.05) is 17.6 Å². The average molecular weight is 470 g/mol. The van der Waals surface area contributed by atoms with E-state index in [4.69, 9.17) is 4.74 Å². The molecule has 0 radical (unpaired) electrons. The van der Waals surface area contributed by atoms with Crippen molar-refractivity contribution in [2.24, 2.45) is 0 Å². The van der Waals surface area contributed by atoms with E-state index < -0.39 is 10.0 Å². The standard InChI is InChI=1S/C19H24BrN3O4S/c1-4-23(5-2)28(25,26)14-10-11-18(27-3)17(12-14)21-13-19(24)22-16-9-7-6-8-15(16)20/h6-12,21H,4-5,13H2,1-3H3,(H,22,24). The fourth-order valence-corrected chi connectivity index (χ4v) is 4.50. The molecular weight excluding hydrogens is 446 g/mol. The molecule has 7 nitrogen and oxygen atoms in total. The van der Waals surface area contributed by atoms with Crippen molar-refractivity contribution in [2.75, 3.05) is 37.4 Å². The first-order chi connectivity index (χ1) is 13.3. The third-order valence-corrected chi connectivity index (χ3v) is 6.84. The van der Waals surface area contributed by atoms with Crippen LogP contribution in [0.1, 0.15) is 13.8 Å². The number of anilines is 2. The van der Waals surface area contributed by atoms with Crippen LogP contribution >= 0.6 is 15.9 Å². The largest absolute Gasteiger partial charge is 0.495 e. The molecular formula is C19H24BrN3O4S. The summed E-state index contributed by atoms with van der Waals surface area (Å²) >= 11 is 3.38. The summed E-state index contributed by atoms with van der Waals surface area (Å²) in [6.07, 6.45) is 0. The zero-order valence-corrected chi connectivity index (χ0v) is 18.4. The summed E-state index contributed by atoms with van der Waals surface area (Å²) in [5.74, 6) is 0.179. The number of hydrogen-bond donors (Lipinski definition) is 2. The van der Waals surface area contributed by atoms with Crippen LogP contribution in [0, 0.1) is 0 Å². The summed E-state index contributed by atoms with van der Waals surface area (Å²) in [6, 6.07) is 11.8. The fourth-order valence-electron chi connectivity index (χ4n) is 2.63. The van der Waals surface area contributed by atoms with Crippen molar-refractivity contribution in [1.29, 1.82) is 0 Å². The summed E-state index contributed by atoms with van der Waals surface area (Å²) in [5.41, 5.74) is 1.08. The minimum atomic E-state index is -3.61. The highest BCUT2D eigenvalue weighted by atomic mass is 79.9. The molecule has 0 unspecified atom stereocenters. The highest BCUT2D eigenvalue weighted by Crippen LogP contribution is 2.29. The molecule has 0 atom stereocenters. The predicted octanol–water partition coefficient (Wildman–Crippen LogP) is 3.54. The van der Waals surface area contributed by atoms with Crippen molar-refractivity contribution in [2.45, 2.75) is 18.7 Å². The number of ether oxygens (including phenoxy) is 1. The lowest BCUT2D eigenvalue weighted by atomic mass is 10.3. The quantitative estimate of drug-likeness (QED) is 0.586. The van der Waals surface area contributed by atoms with Gasteiger partial charge < -0.3 is 15.4 Å². The van der Waals surface area contributed by atoms with Gasteiger partial charge in [0.15, 0.2) is 0 Å². The van der Waals surface area contributed by atoms with E-state index in [-0.39, 0.29) is 17.3 Å². The minimum Gasteiger partial charge on any atom is -0.495 e. The topological polar surface area (TPSA) is 87.7 Å². The van der Waals surface area contributed by atoms with Gasteiger partial charge in [-0.25, -0.2) is 8.42 Å². The number of para-hydroxylation sites is 1. The van der Waals surface area contributed by atoms with Crippen LogP contribution in [0.5, 0.6) is 5.75 Å². The smallest absolute Gasteiger partial charge is 0.243 e. The molecule has 2 aromatic rings. The molecule has 9 heteroatoms. The number of carbonyl (C=O) groups is 1. The Bertz CT molecular complexity index is 931. The van der Waals surface area contributed by atoms with Gasteiger partial charge in [0.2, 0.25) is 15.9 Å². The molecule has 1 amide bonds. The van der Waals surface area contributed by atoms with E-state index >= 15 is 0 Å². The number of methoxy groups -OCH3 is 1. The van der Waals surface area contributed by atoms with E-state index in [0.717, 1.165) is 4.47 Å². The third-order valence-electron chi connectivity index (χ3n) is 4.10. The second-order valence-electron chi connectivity index (χ2n) is 5.83. The monoisotopic (exact) mass is 469 g/mol. The molecule has 2 N–H and O–H groups in total. The number of sulfonamides is 1. The molecule has 0 bridgehead atoms. The van der Waals surface area contributed by atoms with Gasteiger partial charge in [-0.15, -0.1) is 0 Å². The van der Waals surface area contributed by atoms with Crippen LogP contribution in [0.4, 0.5) is 11.4 Å². The Hall–Kier alpha value is -2.10. The van der Waals surface area contributed by atoms with Crippen LogP contribution in [0.3, 0.4) is 0 Å². The van der Waals surface area contributed by atoms with Crippen molar-refractivity contribution < 1.29 is 17.9 Å². The fraction of sp³-hybridized carbons (Fsp3) is 0.316. The van der Waals surface area contributed by atoms with E-state index in [1.54, 1.807) is 26.0 Å². The Morgan fingerprint density at radius 2 is 1.79 bits per heavy atom. The zero-order valence-electron chi connectivity index (χ0n) is 16.0. The van der Waals surface area contributed by atoms with Crippen LogP contribution in [-0.4, -0.2) is 45.4 Å². The molecule has 152 valence electrons. The number of hydrogen-bond acceptors (Lipinski definition) is 5. The van der Waals surface area contributed by atoms with Gasteiger partial charge in [-0.2, -0.15) is 4.31 Å². The van der Waals surface area contributed by atoms with Gasteiger partial charge in [-0.3, -0.25) is 4.79 Å². The first kappa shape index (κ1) is 22.2. The number of carbonyl (C=O) groups excluding carboxylic acids is 1. The molecule has 0 aromatic heterocycles. The lowest BCUT2D eigenvalue weighted by Gasteiger charge is -2.20. The highest BCUT2D eigenvalue weighted by molar-refractivity contribution is 9.10. The summed E-state index contributed by atoms with van der Waals surface area (Å²) in [6.45, 7) is 4.28. The Kier molecular flexibility index (Phi) is 7.85. The van der Waals surface area contributed by atoms with E-state index in [1.165, 1.54) is 23.5 Å².